The Morgan fingerprint density at radius 2 is 1.37 bits per heavy atom. The molecule has 0 saturated heterocycles. The molecule has 0 aliphatic carbocycles. The minimum atomic E-state index is 1.42. The number of terminal acetylenes is 2. The fourth-order valence-electron chi connectivity index (χ4n) is 0.503. The van der Waals surface area contributed by atoms with Gasteiger partial charge in [-0.1, -0.05) is 12.3 Å². The minimum absolute atomic E-state index is 1.42. The van der Waals surface area contributed by atoms with Crippen LogP contribution in [-0.4, -0.2) is 0 Å². The van der Waals surface area contributed by atoms with Gasteiger partial charge >= 0.3 is 0 Å². The van der Waals surface area contributed by atoms with Gasteiger partial charge in [0.15, 0.2) is 23.6 Å². The summed E-state index contributed by atoms with van der Waals surface area (Å²) in [6.45, 7) is 0. The molecule has 0 saturated carbocycles. The molecule has 0 rings (SSSR count). The van der Waals surface area contributed by atoms with Crippen LogP contribution in [0.25, 0.3) is 0 Å². The highest BCUT2D eigenvalue weighted by Gasteiger charge is 1.65. The lowest BCUT2D eigenvalue weighted by molar-refractivity contribution is 2.05. The highest BCUT2D eigenvalue weighted by molar-refractivity contribution is 5.42. The monoisotopic (exact) mass is 231 g/mol. The van der Waals surface area contributed by atoms with Crippen LogP contribution in [0.1, 0.15) is 0 Å². The molecule has 0 nitrogen and oxygen atoms in total. The summed E-state index contributed by atoms with van der Waals surface area (Å²) in [7, 11) is 0. The van der Waals surface area contributed by atoms with Crippen molar-refractivity contribution in [3.05, 3.63) is 29.3 Å². The Labute approximate surface area is 114 Å². The summed E-state index contributed by atoms with van der Waals surface area (Å²) in [5.74, 6) is 28.8. The summed E-state index contributed by atoms with van der Waals surface area (Å²) in [5.41, 5.74) is 7.59. The SMILES string of the molecule is C#CC#CC#CC#CC#CC=C=C=C=[C+]C#CC#C. The Balaban J connectivity index is 4.50. The van der Waals surface area contributed by atoms with Crippen LogP contribution in [0.3, 0.4) is 0 Å². The van der Waals surface area contributed by atoms with Crippen molar-refractivity contribution < 1.29 is 0 Å². The van der Waals surface area contributed by atoms with Gasteiger partial charge in [0, 0.05) is 5.73 Å². The summed E-state index contributed by atoms with van der Waals surface area (Å²) in [6, 6.07) is 0. The Bertz CT molecular complexity index is 847. The summed E-state index contributed by atoms with van der Waals surface area (Å²) in [6.07, 6.45) is 13.7. The van der Waals surface area contributed by atoms with Crippen LogP contribution in [-0.2, 0) is 0 Å². The number of rotatable bonds is 0. The second-order valence-electron chi connectivity index (χ2n) is 2.22. The highest BCUT2D eigenvalue weighted by atomic mass is 13.6. The molecule has 0 spiro atoms. The van der Waals surface area contributed by atoms with E-state index in [1.54, 1.807) is 0 Å². The largest absolute Gasteiger partial charge is 0.170 e. The molecule has 0 heterocycles. The van der Waals surface area contributed by atoms with Crippen LogP contribution >= 0.6 is 0 Å². The average molecular weight is 231 g/mol. The van der Waals surface area contributed by atoms with Gasteiger partial charge in [-0.2, -0.15) is 0 Å². The van der Waals surface area contributed by atoms with E-state index < -0.39 is 0 Å². The summed E-state index contributed by atoms with van der Waals surface area (Å²) in [4.78, 5) is 0. The molecule has 0 aliphatic rings. The van der Waals surface area contributed by atoms with Crippen molar-refractivity contribution in [2.24, 2.45) is 0 Å². The second-order valence-corrected chi connectivity index (χ2v) is 2.22. The zero-order chi connectivity index (χ0) is 14.0. The smallest absolute Gasteiger partial charge is 0.106 e. The van der Waals surface area contributed by atoms with Crippen molar-refractivity contribution in [3.63, 3.8) is 0 Å². The lowest BCUT2D eigenvalue weighted by atomic mass is 10.5. The molecule has 0 unspecified atom stereocenters. The molecule has 78 valence electrons. The summed E-state index contributed by atoms with van der Waals surface area (Å²) >= 11 is 0. The molecule has 0 fully saturated rings. The third kappa shape index (κ3) is 13.9. The number of hydrogen-bond donors (Lipinski definition) is 0. The third-order valence-electron chi connectivity index (χ3n) is 1.06. The molecule has 0 aromatic rings. The molecule has 0 bridgehead atoms. The normalized spacial score (nSPS) is 3.89. The minimum Gasteiger partial charge on any atom is -0.106 e. The van der Waals surface area contributed by atoms with Crippen molar-refractivity contribution in [1.29, 1.82) is 0 Å². The van der Waals surface area contributed by atoms with Crippen molar-refractivity contribution in [3.8, 4) is 83.9 Å². The first-order valence-corrected chi connectivity index (χ1v) is 4.65. The molecular formula is C19H3+. The lowest BCUT2D eigenvalue weighted by Gasteiger charge is -1.55. The van der Waals surface area contributed by atoms with Crippen LogP contribution in [0, 0.1) is 90.0 Å². The van der Waals surface area contributed by atoms with E-state index in [-0.39, 0.29) is 0 Å². The van der Waals surface area contributed by atoms with Gasteiger partial charge < -0.3 is 0 Å². The fourth-order valence-corrected chi connectivity index (χ4v) is 0.503. The molecule has 0 aromatic heterocycles. The fraction of sp³-hybridized carbons (Fsp3) is 0. The van der Waals surface area contributed by atoms with Gasteiger partial charge in [-0.05, 0) is 47.4 Å². The topological polar surface area (TPSA) is 0 Å². The third-order valence-corrected chi connectivity index (χ3v) is 1.06. The Hall–Kier alpha value is -4.09. The van der Waals surface area contributed by atoms with Gasteiger partial charge in [-0.3, -0.25) is 0 Å². The maximum atomic E-state index is 4.89. The van der Waals surface area contributed by atoms with Crippen LogP contribution in [0.2, 0.25) is 0 Å². The van der Waals surface area contributed by atoms with E-state index in [1.165, 1.54) is 6.08 Å². The van der Waals surface area contributed by atoms with Crippen LogP contribution in [0.5, 0.6) is 0 Å². The zero-order valence-corrected chi connectivity index (χ0v) is 9.73. The van der Waals surface area contributed by atoms with Gasteiger partial charge in [-0.15, -0.1) is 6.42 Å². The van der Waals surface area contributed by atoms with E-state index >= 15 is 0 Å². The van der Waals surface area contributed by atoms with Crippen molar-refractivity contribution in [2.45, 2.75) is 0 Å². The Morgan fingerprint density at radius 1 is 0.737 bits per heavy atom. The van der Waals surface area contributed by atoms with Gasteiger partial charge in [-0.25, -0.2) is 0 Å². The van der Waals surface area contributed by atoms with E-state index in [1.807, 2.05) is 0 Å². The van der Waals surface area contributed by atoms with Gasteiger partial charge in [0.25, 0.3) is 0 Å². The van der Waals surface area contributed by atoms with Gasteiger partial charge in [0.2, 0.25) is 0 Å². The van der Waals surface area contributed by atoms with Crippen LogP contribution in [0.15, 0.2) is 23.3 Å². The molecule has 0 atom stereocenters. The van der Waals surface area contributed by atoms with E-state index in [4.69, 9.17) is 12.8 Å². The number of allylic oxidation sites excluding steroid dienone is 2. The molecule has 0 N–H and O–H groups in total. The first kappa shape index (κ1) is 14.9. The Morgan fingerprint density at radius 3 is 2.05 bits per heavy atom. The molecule has 0 aliphatic heterocycles. The van der Waals surface area contributed by atoms with E-state index in [2.05, 4.69) is 94.3 Å². The molecule has 0 radical (unpaired) electrons. The lowest BCUT2D eigenvalue weighted by Crippen LogP contribution is -1.53. The molecule has 0 aromatic carbocycles. The van der Waals surface area contributed by atoms with E-state index in [9.17, 15) is 0 Å². The zero-order valence-electron chi connectivity index (χ0n) is 9.73. The van der Waals surface area contributed by atoms with Crippen LogP contribution < -0.4 is 0 Å². The van der Waals surface area contributed by atoms with E-state index in [0.717, 1.165) is 0 Å². The molecule has 0 heteroatoms. The summed E-state index contributed by atoms with van der Waals surface area (Å²) in [5, 5.41) is 0. The van der Waals surface area contributed by atoms with Crippen molar-refractivity contribution in [2.75, 3.05) is 0 Å². The first-order valence-electron chi connectivity index (χ1n) is 4.65. The van der Waals surface area contributed by atoms with Crippen molar-refractivity contribution >= 4 is 0 Å². The van der Waals surface area contributed by atoms with Gasteiger partial charge in [0.1, 0.15) is 5.73 Å². The average Bonchev–Trinajstić information content (AvgIpc) is 2.43. The van der Waals surface area contributed by atoms with Gasteiger partial charge in [0.05, 0.1) is 12.0 Å². The van der Waals surface area contributed by atoms with Crippen LogP contribution in [0.4, 0.5) is 0 Å². The standard InChI is InChI=1S/C19H3/c1-3-5-7-9-11-13-15-17-19-18-16-14-12-10-8-6-4-2/h1-2,17H/q+1. The number of hydrogen-bond acceptors (Lipinski definition) is 0. The predicted octanol–water partition coefficient (Wildman–Crippen LogP) is 1.09. The quantitative estimate of drug-likeness (QED) is 0.332. The molecular weight excluding hydrogens is 228 g/mol. The Kier molecular flexibility index (Phi) is 10.9. The highest BCUT2D eigenvalue weighted by Crippen LogP contribution is 1.62. The summed E-state index contributed by atoms with van der Waals surface area (Å²) < 4.78 is 0. The maximum absolute atomic E-state index is 4.89. The maximum Gasteiger partial charge on any atom is 0.170 e. The van der Waals surface area contributed by atoms with E-state index in [0.29, 0.717) is 0 Å². The van der Waals surface area contributed by atoms with Crippen molar-refractivity contribution in [1.82, 2.24) is 0 Å². The second kappa shape index (κ2) is 13.9. The molecule has 19 heavy (non-hydrogen) atoms. The molecule has 0 amide bonds. The first-order chi connectivity index (χ1) is 9.41. The predicted molar refractivity (Wildman–Crippen MR) is 74.9 cm³/mol.